The van der Waals surface area contributed by atoms with Crippen LogP contribution in [-0.2, 0) is 11.0 Å². The molecule has 3 rings (SSSR count). The number of halogens is 8. The molecule has 16 heteroatoms. The first kappa shape index (κ1) is 27.4. The van der Waals surface area contributed by atoms with Crippen LogP contribution in [0.15, 0.2) is 45.3 Å². The van der Waals surface area contributed by atoms with E-state index in [2.05, 4.69) is 47.4 Å². The summed E-state index contributed by atoms with van der Waals surface area (Å²) in [4.78, 5) is 10.7. The molecule has 0 saturated carbocycles. The Bertz CT molecular complexity index is 1150. The van der Waals surface area contributed by atoms with Crippen LogP contribution in [0, 0.1) is 0 Å². The first-order valence-electron chi connectivity index (χ1n) is 8.71. The topological polar surface area (TPSA) is 82.4 Å². The summed E-state index contributed by atoms with van der Waals surface area (Å²) in [6.45, 7) is 0. The lowest BCUT2D eigenvalue weighted by atomic mass is 10.3. The minimum absolute atomic E-state index is 0.181. The number of hydrogen-bond acceptors (Lipinski definition) is 6. The average Bonchev–Trinajstić information content (AvgIpc) is 3.29. The number of anilines is 1. The molecule has 0 N–H and O–H groups in total. The van der Waals surface area contributed by atoms with Gasteiger partial charge >= 0.3 is 18.5 Å². The van der Waals surface area contributed by atoms with E-state index < -0.39 is 29.5 Å². The van der Waals surface area contributed by atoms with Gasteiger partial charge in [0.1, 0.15) is 11.5 Å². The van der Waals surface area contributed by atoms with Crippen LogP contribution in [0.5, 0.6) is 11.5 Å². The Kier molecular flexibility index (Phi) is 9.26. The van der Waals surface area contributed by atoms with Gasteiger partial charge in [0.25, 0.3) is 5.82 Å². The van der Waals surface area contributed by atoms with Crippen molar-refractivity contribution in [3.05, 3.63) is 51.2 Å². The zero-order valence-corrected chi connectivity index (χ0v) is 20.2. The van der Waals surface area contributed by atoms with Crippen molar-refractivity contribution in [1.29, 1.82) is 0 Å². The standard InChI is InChI=1S/C9H6BrF3N4O.C9H7BrF3NO2/c1-18-7-3-2-5(4-6(7)10)17-8(9(11,12)13)14-15-16-17;1-16-7-3-2-5(4-6(7)10)14(13)9(15)8(11)12/h2-4H,1H3;2-4,8H,1H3. The molecule has 0 saturated heterocycles. The van der Waals surface area contributed by atoms with E-state index >= 15 is 0 Å². The number of rotatable bonds is 5. The van der Waals surface area contributed by atoms with Crippen molar-refractivity contribution in [2.75, 3.05) is 19.3 Å². The third kappa shape index (κ3) is 6.59. The van der Waals surface area contributed by atoms with Crippen molar-refractivity contribution in [3.8, 4) is 17.2 Å². The largest absolute Gasteiger partial charge is 0.496 e. The van der Waals surface area contributed by atoms with Gasteiger partial charge in [0.15, 0.2) is 0 Å². The summed E-state index contributed by atoms with van der Waals surface area (Å²) in [5.41, 5.74) is -0.113. The SMILES string of the molecule is COc1ccc(-n2nnnc2C(F)(F)F)cc1Br.COc1ccc(N(F)C(=O)C(F)F)cc1Br. The quantitative estimate of drug-likeness (QED) is 0.281. The molecule has 0 spiro atoms. The summed E-state index contributed by atoms with van der Waals surface area (Å²) < 4.78 is 86.2. The number of tetrazole rings is 1. The fourth-order valence-electron chi connectivity index (χ4n) is 2.32. The van der Waals surface area contributed by atoms with Gasteiger partial charge in [-0.2, -0.15) is 26.6 Å². The number of methoxy groups -OCH3 is 2. The van der Waals surface area contributed by atoms with Crippen molar-refractivity contribution in [3.63, 3.8) is 0 Å². The molecule has 3 aromatic rings. The predicted octanol–water partition coefficient (Wildman–Crippen LogP) is 5.39. The number of carbonyl (C=O) groups is 1. The van der Waals surface area contributed by atoms with Gasteiger partial charge in [0.05, 0.1) is 34.5 Å². The summed E-state index contributed by atoms with van der Waals surface area (Å²) in [6, 6.07) is 8.05. The van der Waals surface area contributed by atoms with Crippen LogP contribution in [-0.4, -0.2) is 46.8 Å². The van der Waals surface area contributed by atoms with Gasteiger partial charge in [-0.05, 0) is 78.7 Å². The lowest BCUT2D eigenvalue weighted by Gasteiger charge is -2.12. The Balaban J connectivity index is 0.000000242. The van der Waals surface area contributed by atoms with E-state index in [1.165, 1.54) is 44.6 Å². The van der Waals surface area contributed by atoms with Crippen LogP contribution in [0.4, 0.5) is 32.1 Å². The van der Waals surface area contributed by atoms with Crippen LogP contribution in [0.3, 0.4) is 0 Å². The Morgan fingerprint density at radius 3 is 2.06 bits per heavy atom. The number of benzene rings is 2. The smallest absolute Gasteiger partial charge is 0.453 e. The highest BCUT2D eigenvalue weighted by Gasteiger charge is 2.38. The summed E-state index contributed by atoms with van der Waals surface area (Å²) in [7, 11) is 2.86. The van der Waals surface area contributed by atoms with E-state index in [4.69, 9.17) is 9.47 Å². The Hall–Kier alpha value is -2.88. The van der Waals surface area contributed by atoms with Crippen LogP contribution < -0.4 is 14.6 Å². The van der Waals surface area contributed by atoms with Crippen molar-refractivity contribution in [2.24, 2.45) is 0 Å². The third-order valence-corrected chi connectivity index (χ3v) is 5.08. The zero-order valence-electron chi connectivity index (χ0n) is 17.0. The molecule has 1 aromatic heterocycles. The van der Waals surface area contributed by atoms with Crippen molar-refractivity contribution >= 4 is 43.5 Å². The number of alkyl halides is 5. The van der Waals surface area contributed by atoms with Crippen molar-refractivity contribution in [2.45, 2.75) is 12.6 Å². The molecule has 0 aliphatic rings. The van der Waals surface area contributed by atoms with E-state index in [-0.39, 0.29) is 11.4 Å². The van der Waals surface area contributed by atoms with Crippen LogP contribution in [0.1, 0.15) is 5.82 Å². The lowest BCUT2D eigenvalue weighted by Crippen LogP contribution is -2.28. The lowest BCUT2D eigenvalue weighted by molar-refractivity contribution is -0.146. The minimum Gasteiger partial charge on any atom is -0.496 e. The highest BCUT2D eigenvalue weighted by atomic mass is 79.9. The molecule has 0 fully saturated rings. The maximum atomic E-state index is 13.1. The fraction of sp³-hybridized carbons (Fsp3) is 0.222. The molecule has 1 heterocycles. The van der Waals surface area contributed by atoms with Gasteiger partial charge in [0.2, 0.25) is 0 Å². The molecule has 34 heavy (non-hydrogen) atoms. The molecule has 8 nitrogen and oxygen atoms in total. The molecule has 0 radical (unpaired) electrons. The normalized spacial score (nSPS) is 11.0. The number of amides is 1. The molecule has 0 aliphatic heterocycles. The summed E-state index contributed by atoms with van der Waals surface area (Å²) in [5, 5.41) is 8.72. The van der Waals surface area contributed by atoms with Crippen molar-refractivity contribution < 1.29 is 40.7 Å². The fourth-order valence-corrected chi connectivity index (χ4v) is 3.37. The van der Waals surface area contributed by atoms with Gasteiger partial charge in [-0.15, -0.1) is 10.2 Å². The molecule has 0 atom stereocenters. The van der Waals surface area contributed by atoms with E-state index in [1.807, 2.05) is 0 Å². The van der Waals surface area contributed by atoms with Crippen LogP contribution >= 0.6 is 31.9 Å². The Morgan fingerprint density at radius 2 is 1.59 bits per heavy atom. The van der Waals surface area contributed by atoms with Gasteiger partial charge in [-0.1, -0.05) is 4.48 Å². The number of nitrogens with zero attached hydrogens (tertiary/aromatic N) is 5. The average molecular weight is 621 g/mol. The number of hydrogen-bond donors (Lipinski definition) is 0. The second-order valence-electron chi connectivity index (χ2n) is 5.97. The molecule has 0 aliphatic carbocycles. The predicted molar refractivity (Wildman–Crippen MR) is 114 cm³/mol. The van der Waals surface area contributed by atoms with Crippen molar-refractivity contribution in [1.82, 2.24) is 20.2 Å². The molecule has 184 valence electrons. The van der Waals surface area contributed by atoms with Gasteiger partial charge in [0, 0.05) is 0 Å². The Labute approximate surface area is 204 Å². The van der Waals surface area contributed by atoms with Gasteiger partial charge < -0.3 is 9.47 Å². The van der Waals surface area contributed by atoms with E-state index in [0.29, 0.717) is 25.1 Å². The molecule has 0 bridgehead atoms. The second-order valence-corrected chi connectivity index (χ2v) is 7.68. The maximum Gasteiger partial charge on any atom is 0.453 e. The van der Waals surface area contributed by atoms with Crippen LogP contribution in [0.25, 0.3) is 5.69 Å². The molecule has 0 unspecified atom stereocenters. The van der Waals surface area contributed by atoms with E-state index in [1.54, 1.807) is 0 Å². The first-order valence-corrected chi connectivity index (χ1v) is 10.3. The maximum absolute atomic E-state index is 13.1. The molecular formula is C18H13Br2F6N5O3. The van der Waals surface area contributed by atoms with E-state index in [9.17, 15) is 31.2 Å². The first-order chi connectivity index (χ1) is 15.9. The van der Waals surface area contributed by atoms with Gasteiger partial charge in [-0.3, -0.25) is 4.79 Å². The molecule has 1 amide bonds. The number of carbonyl (C=O) groups excluding carboxylic acids is 1. The number of ether oxygens (including phenoxy) is 2. The van der Waals surface area contributed by atoms with Crippen LogP contribution in [0.2, 0.25) is 0 Å². The highest BCUT2D eigenvalue weighted by Crippen LogP contribution is 2.32. The number of aromatic nitrogens is 4. The monoisotopic (exact) mass is 619 g/mol. The van der Waals surface area contributed by atoms with Gasteiger partial charge in [-0.25, -0.2) is 0 Å². The minimum atomic E-state index is -4.62. The highest BCUT2D eigenvalue weighted by molar-refractivity contribution is 9.10. The summed E-state index contributed by atoms with van der Waals surface area (Å²) >= 11 is 6.22. The third-order valence-electron chi connectivity index (χ3n) is 3.85. The molecular weight excluding hydrogens is 608 g/mol. The van der Waals surface area contributed by atoms with E-state index in [0.717, 1.165) is 6.07 Å². The summed E-state index contributed by atoms with van der Waals surface area (Å²) in [6.07, 6.45) is -8.00. The zero-order chi connectivity index (χ0) is 25.6. The molecule has 2 aromatic carbocycles. The second kappa shape index (κ2) is 11.5. The Morgan fingerprint density at radius 1 is 1.03 bits per heavy atom. The summed E-state index contributed by atoms with van der Waals surface area (Å²) in [5.74, 6) is -2.18.